The Morgan fingerprint density at radius 3 is 3.07 bits per heavy atom. The lowest BCUT2D eigenvalue weighted by atomic mass is 10.0. The first-order valence-electron chi connectivity index (χ1n) is 5.12. The summed E-state index contributed by atoms with van der Waals surface area (Å²) >= 11 is 0. The molecule has 1 fully saturated rings. The minimum atomic E-state index is 0.0543. The predicted molar refractivity (Wildman–Crippen MR) is 53.9 cm³/mol. The van der Waals surface area contributed by atoms with Gasteiger partial charge in [-0.15, -0.1) is 0 Å². The fraction of sp³-hybridized carbons (Fsp3) is 0.700. The van der Waals surface area contributed by atoms with Gasteiger partial charge in [-0.2, -0.15) is 5.10 Å². The molecule has 78 valence electrons. The Balaban J connectivity index is 2.29. The van der Waals surface area contributed by atoms with Gasteiger partial charge >= 0.3 is 0 Å². The molecule has 2 rings (SSSR count). The largest absolute Gasteiger partial charge is 0.372 e. The van der Waals surface area contributed by atoms with E-state index in [-0.39, 0.29) is 12.1 Å². The third kappa shape index (κ3) is 1.55. The standard InChI is InChI=1S/C10H17N3O/c1-3-9-7(6-13(2)12-9)10-8(11)4-5-14-10/h6,8,10H,3-5,11H2,1-2H3. The van der Waals surface area contributed by atoms with Crippen molar-refractivity contribution in [3.63, 3.8) is 0 Å². The monoisotopic (exact) mass is 195 g/mol. The van der Waals surface area contributed by atoms with Crippen LogP contribution in [0.25, 0.3) is 0 Å². The van der Waals surface area contributed by atoms with Crippen LogP contribution in [0.15, 0.2) is 6.20 Å². The van der Waals surface area contributed by atoms with Crippen LogP contribution < -0.4 is 5.73 Å². The van der Waals surface area contributed by atoms with Crippen molar-refractivity contribution in [2.24, 2.45) is 12.8 Å². The van der Waals surface area contributed by atoms with E-state index in [0.29, 0.717) is 0 Å². The molecule has 0 aliphatic carbocycles. The fourth-order valence-electron chi connectivity index (χ4n) is 1.99. The topological polar surface area (TPSA) is 53.1 Å². The summed E-state index contributed by atoms with van der Waals surface area (Å²) in [5.74, 6) is 0. The van der Waals surface area contributed by atoms with Crippen molar-refractivity contribution in [3.8, 4) is 0 Å². The average Bonchev–Trinajstić information content (AvgIpc) is 2.71. The molecule has 2 heterocycles. The second kappa shape index (κ2) is 3.71. The Labute approximate surface area is 84.0 Å². The Morgan fingerprint density at radius 2 is 2.50 bits per heavy atom. The van der Waals surface area contributed by atoms with E-state index in [1.54, 1.807) is 0 Å². The number of hydrogen-bond acceptors (Lipinski definition) is 3. The molecular formula is C10H17N3O. The lowest BCUT2D eigenvalue weighted by Crippen LogP contribution is -2.23. The molecule has 0 spiro atoms. The first-order valence-corrected chi connectivity index (χ1v) is 5.12. The highest BCUT2D eigenvalue weighted by Crippen LogP contribution is 2.29. The summed E-state index contributed by atoms with van der Waals surface area (Å²) in [4.78, 5) is 0. The normalized spacial score (nSPS) is 27.1. The van der Waals surface area contributed by atoms with Gasteiger partial charge in [0.2, 0.25) is 0 Å². The zero-order valence-electron chi connectivity index (χ0n) is 8.73. The van der Waals surface area contributed by atoms with Crippen molar-refractivity contribution in [2.45, 2.75) is 31.9 Å². The van der Waals surface area contributed by atoms with Gasteiger partial charge in [0.1, 0.15) is 6.10 Å². The second-order valence-electron chi connectivity index (χ2n) is 3.80. The van der Waals surface area contributed by atoms with E-state index in [1.807, 2.05) is 17.9 Å². The van der Waals surface area contributed by atoms with Crippen molar-refractivity contribution in [2.75, 3.05) is 6.61 Å². The molecule has 1 aliphatic rings. The van der Waals surface area contributed by atoms with Gasteiger partial charge in [-0.3, -0.25) is 4.68 Å². The Hall–Kier alpha value is -0.870. The molecule has 14 heavy (non-hydrogen) atoms. The summed E-state index contributed by atoms with van der Waals surface area (Å²) in [6, 6.07) is 0.129. The molecule has 2 atom stereocenters. The lowest BCUT2D eigenvalue weighted by molar-refractivity contribution is 0.104. The first kappa shape index (κ1) is 9.68. The van der Waals surface area contributed by atoms with Gasteiger partial charge < -0.3 is 10.5 Å². The maximum Gasteiger partial charge on any atom is 0.101 e. The number of nitrogens with two attached hydrogens (primary N) is 1. The smallest absolute Gasteiger partial charge is 0.101 e. The van der Waals surface area contributed by atoms with Crippen LogP contribution >= 0.6 is 0 Å². The van der Waals surface area contributed by atoms with Gasteiger partial charge in [0.15, 0.2) is 0 Å². The van der Waals surface area contributed by atoms with Gasteiger partial charge in [0.05, 0.1) is 5.69 Å². The third-order valence-corrected chi connectivity index (χ3v) is 2.72. The van der Waals surface area contributed by atoms with E-state index in [4.69, 9.17) is 10.5 Å². The minimum absolute atomic E-state index is 0.0543. The second-order valence-corrected chi connectivity index (χ2v) is 3.80. The van der Waals surface area contributed by atoms with Gasteiger partial charge in [-0.25, -0.2) is 0 Å². The van der Waals surface area contributed by atoms with Crippen LogP contribution in [0, 0.1) is 0 Å². The van der Waals surface area contributed by atoms with Gasteiger partial charge in [-0.05, 0) is 12.8 Å². The van der Waals surface area contributed by atoms with E-state index in [1.165, 1.54) is 5.56 Å². The molecule has 2 N–H and O–H groups in total. The summed E-state index contributed by atoms with van der Waals surface area (Å²) in [5, 5.41) is 4.39. The highest BCUT2D eigenvalue weighted by atomic mass is 16.5. The molecular weight excluding hydrogens is 178 g/mol. The van der Waals surface area contributed by atoms with Crippen molar-refractivity contribution in [3.05, 3.63) is 17.5 Å². The lowest BCUT2D eigenvalue weighted by Gasteiger charge is -2.13. The molecule has 2 unspecified atom stereocenters. The van der Waals surface area contributed by atoms with Crippen LogP contribution in [0.3, 0.4) is 0 Å². The van der Waals surface area contributed by atoms with Gasteiger partial charge in [-0.1, -0.05) is 6.92 Å². The molecule has 1 aliphatic heterocycles. The first-order chi connectivity index (χ1) is 6.72. The summed E-state index contributed by atoms with van der Waals surface area (Å²) in [6.07, 6.45) is 3.96. The maximum atomic E-state index is 5.98. The summed E-state index contributed by atoms with van der Waals surface area (Å²) < 4.78 is 7.46. The highest BCUT2D eigenvalue weighted by molar-refractivity contribution is 5.22. The third-order valence-electron chi connectivity index (χ3n) is 2.72. The van der Waals surface area contributed by atoms with Gasteiger partial charge in [0, 0.05) is 31.5 Å². The number of aromatic nitrogens is 2. The zero-order chi connectivity index (χ0) is 10.1. The van der Waals surface area contributed by atoms with Crippen molar-refractivity contribution in [1.29, 1.82) is 0 Å². The molecule has 0 aromatic carbocycles. The molecule has 4 nitrogen and oxygen atoms in total. The minimum Gasteiger partial charge on any atom is -0.372 e. The van der Waals surface area contributed by atoms with Crippen LogP contribution in [-0.2, 0) is 18.2 Å². The molecule has 0 saturated carbocycles. The highest BCUT2D eigenvalue weighted by Gasteiger charge is 2.29. The number of ether oxygens (including phenoxy) is 1. The van der Waals surface area contributed by atoms with E-state index in [0.717, 1.165) is 25.1 Å². The summed E-state index contributed by atoms with van der Waals surface area (Å²) in [6.45, 7) is 2.87. The Kier molecular flexibility index (Phi) is 2.56. The summed E-state index contributed by atoms with van der Waals surface area (Å²) in [7, 11) is 1.93. The average molecular weight is 195 g/mol. The van der Waals surface area contributed by atoms with Crippen molar-refractivity contribution >= 4 is 0 Å². The number of hydrogen-bond donors (Lipinski definition) is 1. The molecule has 1 aromatic heterocycles. The molecule has 1 saturated heterocycles. The van der Waals surface area contributed by atoms with E-state index in [9.17, 15) is 0 Å². The van der Waals surface area contributed by atoms with Crippen LogP contribution in [0.4, 0.5) is 0 Å². The Bertz CT molecular complexity index is 321. The number of rotatable bonds is 2. The molecule has 1 aromatic rings. The number of nitrogens with zero attached hydrogens (tertiary/aromatic N) is 2. The van der Waals surface area contributed by atoms with Gasteiger partial charge in [0.25, 0.3) is 0 Å². The zero-order valence-corrected chi connectivity index (χ0v) is 8.73. The molecule has 0 radical (unpaired) electrons. The molecule has 0 bridgehead atoms. The quantitative estimate of drug-likeness (QED) is 0.758. The number of aryl methyl sites for hydroxylation is 2. The van der Waals surface area contributed by atoms with E-state index < -0.39 is 0 Å². The molecule has 4 heteroatoms. The van der Waals surface area contributed by atoms with Crippen molar-refractivity contribution in [1.82, 2.24) is 9.78 Å². The van der Waals surface area contributed by atoms with Crippen LogP contribution in [0.5, 0.6) is 0 Å². The van der Waals surface area contributed by atoms with E-state index >= 15 is 0 Å². The fourth-order valence-corrected chi connectivity index (χ4v) is 1.99. The molecule has 0 amide bonds. The Morgan fingerprint density at radius 1 is 1.71 bits per heavy atom. The van der Waals surface area contributed by atoms with Crippen LogP contribution in [0.2, 0.25) is 0 Å². The van der Waals surface area contributed by atoms with Crippen molar-refractivity contribution < 1.29 is 4.74 Å². The van der Waals surface area contributed by atoms with Crippen LogP contribution in [-0.4, -0.2) is 22.4 Å². The summed E-state index contributed by atoms with van der Waals surface area (Å²) in [5.41, 5.74) is 8.25. The van der Waals surface area contributed by atoms with Crippen LogP contribution in [0.1, 0.15) is 30.7 Å². The predicted octanol–water partition coefficient (Wildman–Crippen LogP) is 0.771. The van der Waals surface area contributed by atoms with E-state index in [2.05, 4.69) is 12.0 Å². The SMILES string of the molecule is CCc1nn(C)cc1C1OCCC1N. The maximum absolute atomic E-state index is 5.98.